The Bertz CT molecular complexity index is 309. The van der Waals surface area contributed by atoms with Crippen LogP contribution in [0.25, 0.3) is 0 Å². The molecule has 0 spiro atoms. The lowest BCUT2D eigenvalue weighted by Crippen LogP contribution is -2.52. The van der Waals surface area contributed by atoms with Gasteiger partial charge in [-0.1, -0.05) is 12.2 Å². The third kappa shape index (κ3) is 4.86. The smallest absolute Gasteiger partial charge is 0.323 e. The summed E-state index contributed by atoms with van der Waals surface area (Å²) < 4.78 is 0. The standard InChI is InChI=1S/C11H19N3O3/c1-9(2)8-13-3-5-14(6-4-13)11(17)12-7-10(15)16/h1,3-8H2,2H3,(H,12,17)(H,15,16). The number of carboxylic acid groups (broad SMARTS) is 1. The highest BCUT2D eigenvalue weighted by atomic mass is 16.4. The van der Waals surface area contributed by atoms with Crippen LogP contribution in [0.4, 0.5) is 4.79 Å². The van der Waals surface area contributed by atoms with Gasteiger partial charge in [-0.3, -0.25) is 9.69 Å². The molecule has 1 rings (SSSR count). The van der Waals surface area contributed by atoms with Gasteiger partial charge in [0.05, 0.1) is 0 Å². The molecule has 1 saturated heterocycles. The maximum absolute atomic E-state index is 11.5. The zero-order valence-corrected chi connectivity index (χ0v) is 10.1. The van der Waals surface area contributed by atoms with Crippen molar-refractivity contribution in [2.75, 3.05) is 39.3 Å². The van der Waals surface area contributed by atoms with E-state index in [1.807, 2.05) is 6.92 Å². The minimum Gasteiger partial charge on any atom is -0.480 e. The van der Waals surface area contributed by atoms with Crippen molar-refractivity contribution in [3.63, 3.8) is 0 Å². The molecular formula is C11H19N3O3. The molecule has 1 aliphatic heterocycles. The van der Waals surface area contributed by atoms with E-state index < -0.39 is 5.97 Å². The molecule has 0 saturated carbocycles. The quantitative estimate of drug-likeness (QED) is 0.678. The molecule has 0 aromatic rings. The van der Waals surface area contributed by atoms with Crippen LogP contribution in [0.2, 0.25) is 0 Å². The first-order valence-electron chi connectivity index (χ1n) is 5.60. The van der Waals surface area contributed by atoms with Crippen molar-refractivity contribution in [2.45, 2.75) is 6.92 Å². The van der Waals surface area contributed by atoms with E-state index in [1.165, 1.54) is 0 Å². The number of hydrogen-bond acceptors (Lipinski definition) is 3. The average Bonchev–Trinajstić information content (AvgIpc) is 2.26. The van der Waals surface area contributed by atoms with Crippen LogP contribution in [-0.4, -0.2) is 66.2 Å². The second kappa shape index (κ2) is 6.24. The molecule has 0 radical (unpaired) electrons. The number of carboxylic acids is 1. The van der Waals surface area contributed by atoms with Crippen LogP contribution < -0.4 is 5.32 Å². The minimum absolute atomic E-state index is 0.303. The number of aliphatic carboxylic acids is 1. The molecule has 0 unspecified atom stereocenters. The van der Waals surface area contributed by atoms with E-state index in [-0.39, 0.29) is 12.6 Å². The van der Waals surface area contributed by atoms with Gasteiger partial charge in [0.25, 0.3) is 0 Å². The molecule has 1 fully saturated rings. The predicted octanol–water partition coefficient (Wildman–Crippen LogP) is -0.0257. The van der Waals surface area contributed by atoms with E-state index in [0.717, 1.165) is 25.2 Å². The van der Waals surface area contributed by atoms with Gasteiger partial charge in [-0.25, -0.2) is 4.79 Å². The van der Waals surface area contributed by atoms with Gasteiger partial charge in [0, 0.05) is 32.7 Å². The monoisotopic (exact) mass is 241 g/mol. The Kier molecular flexibility index (Phi) is 4.96. The van der Waals surface area contributed by atoms with Crippen LogP contribution in [0.5, 0.6) is 0 Å². The second-order valence-electron chi connectivity index (χ2n) is 4.27. The summed E-state index contributed by atoms with van der Waals surface area (Å²) in [5, 5.41) is 10.8. The fourth-order valence-electron chi connectivity index (χ4n) is 1.75. The lowest BCUT2D eigenvalue weighted by atomic mass is 10.2. The Morgan fingerprint density at radius 1 is 1.29 bits per heavy atom. The van der Waals surface area contributed by atoms with Crippen LogP contribution in [0, 0.1) is 0 Å². The molecule has 1 aliphatic rings. The van der Waals surface area contributed by atoms with E-state index >= 15 is 0 Å². The SMILES string of the molecule is C=C(C)CN1CCN(C(=O)NCC(=O)O)CC1. The maximum Gasteiger partial charge on any atom is 0.323 e. The van der Waals surface area contributed by atoms with Crippen molar-refractivity contribution in [3.05, 3.63) is 12.2 Å². The highest BCUT2D eigenvalue weighted by Gasteiger charge is 2.20. The number of urea groups is 1. The summed E-state index contributed by atoms with van der Waals surface area (Å²) in [6, 6.07) is -0.303. The first-order chi connectivity index (χ1) is 7.99. The molecule has 0 aromatic heterocycles. The van der Waals surface area contributed by atoms with Gasteiger partial charge in [-0.15, -0.1) is 0 Å². The number of carbonyl (C=O) groups is 2. The lowest BCUT2D eigenvalue weighted by molar-refractivity contribution is -0.135. The molecule has 0 aliphatic carbocycles. The van der Waals surface area contributed by atoms with Crippen LogP contribution in [-0.2, 0) is 4.79 Å². The number of nitrogens with one attached hydrogen (secondary N) is 1. The summed E-state index contributed by atoms with van der Waals surface area (Å²) in [4.78, 5) is 25.7. The number of amides is 2. The number of rotatable bonds is 4. The summed E-state index contributed by atoms with van der Waals surface area (Å²) in [6.07, 6.45) is 0. The molecule has 1 heterocycles. The Balaban J connectivity index is 2.28. The molecule has 2 amide bonds. The van der Waals surface area contributed by atoms with Crippen molar-refractivity contribution in [2.24, 2.45) is 0 Å². The molecule has 6 nitrogen and oxygen atoms in total. The summed E-state index contributed by atoms with van der Waals surface area (Å²) in [5.41, 5.74) is 1.11. The van der Waals surface area contributed by atoms with Crippen LogP contribution in [0.15, 0.2) is 12.2 Å². The molecule has 0 atom stereocenters. The van der Waals surface area contributed by atoms with Gasteiger partial charge >= 0.3 is 12.0 Å². The molecule has 17 heavy (non-hydrogen) atoms. The molecule has 2 N–H and O–H groups in total. The first-order valence-corrected chi connectivity index (χ1v) is 5.60. The zero-order valence-electron chi connectivity index (χ0n) is 10.1. The molecule has 96 valence electrons. The third-order valence-electron chi connectivity index (χ3n) is 2.54. The summed E-state index contributed by atoms with van der Waals surface area (Å²) in [6.45, 7) is 9.20. The number of piperazine rings is 1. The van der Waals surface area contributed by atoms with Crippen LogP contribution in [0.3, 0.4) is 0 Å². The van der Waals surface area contributed by atoms with E-state index in [2.05, 4.69) is 16.8 Å². The largest absolute Gasteiger partial charge is 0.480 e. The molecule has 0 aromatic carbocycles. The van der Waals surface area contributed by atoms with E-state index in [4.69, 9.17) is 5.11 Å². The normalized spacial score (nSPS) is 16.6. The fraction of sp³-hybridized carbons (Fsp3) is 0.636. The Hall–Kier alpha value is -1.56. The van der Waals surface area contributed by atoms with Gasteiger partial charge in [0.2, 0.25) is 0 Å². The van der Waals surface area contributed by atoms with Crippen molar-refractivity contribution >= 4 is 12.0 Å². The van der Waals surface area contributed by atoms with Gasteiger partial charge in [-0.05, 0) is 6.92 Å². The second-order valence-corrected chi connectivity index (χ2v) is 4.27. The fourth-order valence-corrected chi connectivity index (χ4v) is 1.75. The minimum atomic E-state index is -1.03. The summed E-state index contributed by atoms with van der Waals surface area (Å²) in [5.74, 6) is -1.03. The highest BCUT2D eigenvalue weighted by molar-refractivity contribution is 5.80. The van der Waals surface area contributed by atoms with Gasteiger partial charge < -0.3 is 15.3 Å². The van der Waals surface area contributed by atoms with E-state index in [9.17, 15) is 9.59 Å². The molecular weight excluding hydrogens is 222 g/mol. The number of hydrogen-bond donors (Lipinski definition) is 2. The number of carbonyl (C=O) groups excluding carboxylic acids is 1. The van der Waals surface area contributed by atoms with Crippen LogP contribution >= 0.6 is 0 Å². The van der Waals surface area contributed by atoms with Crippen LogP contribution in [0.1, 0.15) is 6.92 Å². The third-order valence-corrected chi connectivity index (χ3v) is 2.54. The Morgan fingerprint density at radius 2 is 1.88 bits per heavy atom. The topological polar surface area (TPSA) is 72.9 Å². The average molecular weight is 241 g/mol. The zero-order chi connectivity index (χ0) is 12.8. The molecule has 6 heteroatoms. The van der Waals surface area contributed by atoms with Gasteiger partial charge in [0.15, 0.2) is 0 Å². The van der Waals surface area contributed by atoms with Crippen molar-refractivity contribution in [3.8, 4) is 0 Å². The first kappa shape index (κ1) is 13.5. The van der Waals surface area contributed by atoms with E-state index in [1.54, 1.807) is 4.90 Å². The lowest BCUT2D eigenvalue weighted by Gasteiger charge is -2.34. The van der Waals surface area contributed by atoms with E-state index in [0.29, 0.717) is 13.1 Å². The Labute approximate surface area is 101 Å². The van der Waals surface area contributed by atoms with Crippen molar-refractivity contribution in [1.82, 2.24) is 15.1 Å². The Morgan fingerprint density at radius 3 is 2.35 bits per heavy atom. The van der Waals surface area contributed by atoms with Gasteiger partial charge in [-0.2, -0.15) is 0 Å². The predicted molar refractivity (Wildman–Crippen MR) is 63.9 cm³/mol. The van der Waals surface area contributed by atoms with Gasteiger partial charge in [0.1, 0.15) is 6.54 Å². The van der Waals surface area contributed by atoms with Crippen molar-refractivity contribution in [1.29, 1.82) is 0 Å². The number of nitrogens with zero attached hydrogens (tertiary/aromatic N) is 2. The maximum atomic E-state index is 11.5. The molecule has 0 bridgehead atoms. The summed E-state index contributed by atoms with van der Waals surface area (Å²) >= 11 is 0. The van der Waals surface area contributed by atoms with Crippen molar-refractivity contribution < 1.29 is 14.7 Å². The highest BCUT2D eigenvalue weighted by Crippen LogP contribution is 2.04. The summed E-state index contributed by atoms with van der Waals surface area (Å²) in [7, 11) is 0.